The molecule has 0 unspecified atom stereocenters. The molecule has 0 saturated heterocycles. The van der Waals surface area contributed by atoms with E-state index in [-0.39, 0.29) is 0 Å². The van der Waals surface area contributed by atoms with Crippen molar-refractivity contribution in [2.45, 2.75) is 6.54 Å². The van der Waals surface area contributed by atoms with Crippen molar-refractivity contribution in [3.63, 3.8) is 0 Å². The van der Waals surface area contributed by atoms with Crippen molar-refractivity contribution in [2.24, 2.45) is 0 Å². The molecule has 2 aromatic carbocycles. The lowest BCUT2D eigenvalue weighted by Gasteiger charge is -2.13. The Bertz CT molecular complexity index is 1180. The van der Waals surface area contributed by atoms with Crippen molar-refractivity contribution in [2.75, 3.05) is 32.0 Å². The predicted molar refractivity (Wildman–Crippen MR) is 120 cm³/mol. The van der Waals surface area contributed by atoms with Crippen LogP contribution in [0.25, 0.3) is 10.9 Å². The minimum Gasteiger partial charge on any atom is -0.497 e. The summed E-state index contributed by atoms with van der Waals surface area (Å²) in [5.74, 6) is 3.37. The third kappa shape index (κ3) is 4.58. The average Bonchev–Trinajstić information content (AvgIpc) is 2.83. The van der Waals surface area contributed by atoms with Crippen molar-refractivity contribution < 1.29 is 14.2 Å². The molecule has 158 valence electrons. The van der Waals surface area contributed by atoms with E-state index < -0.39 is 0 Å². The van der Waals surface area contributed by atoms with E-state index >= 15 is 0 Å². The topological polar surface area (TPSA) is 90.4 Å². The van der Waals surface area contributed by atoms with Gasteiger partial charge < -0.3 is 24.8 Å². The van der Waals surface area contributed by atoms with Gasteiger partial charge in [0.25, 0.3) is 0 Å². The Hall–Kier alpha value is -4.07. The van der Waals surface area contributed by atoms with Crippen LogP contribution in [-0.2, 0) is 6.54 Å². The summed E-state index contributed by atoms with van der Waals surface area (Å²) in [6, 6.07) is 15.3. The molecule has 0 bridgehead atoms. The molecular formula is C23H23N5O3. The van der Waals surface area contributed by atoms with E-state index in [1.807, 2.05) is 48.5 Å². The number of hydrogen-bond acceptors (Lipinski definition) is 8. The molecule has 8 nitrogen and oxygen atoms in total. The molecule has 4 rings (SSSR count). The Labute approximate surface area is 180 Å². The Morgan fingerprint density at radius 2 is 1.61 bits per heavy atom. The fourth-order valence-electron chi connectivity index (χ4n) is 3.10. The first kappa shape index (κ1) is 20.2. The van der Waals surface area contributed by atoms with Gasteiger partial charge in [-0.1, -0.05) is 12.1 Å². The first-order valence-corrected chi connectivity index (χ1v) is 9.68. The van der Waals surface area contributed by atoms with Crippen LogP contribution in [-0.4, -0.2) is 36.3 Å². The second kappa shape index (κ2) is 9.17. The molecule has 0 aliphatic heterocycles. The van der Waals surface area contributed by atoms with E-state index in [9.17, 15) is 0 Å². The summed E-state index contributed by atoms with van der Waals surface area (Å²) in [4.78, 5) is 13.5. The number of anilines is 3. The zero-order valence-electron chi connectivity index (χ0n) is 17.5. The monoisotopic (exact) mass is 417 g/mol. The van der Waals surface area contributed by atoms with Crippen LogP contribution in [0.3, 0.4) is 0 Å². The van der Waals surface area contributed by atoms with Crippen molar-refractivity contribution in [1.82, 2.24) is 15.0 Å². The van der Waals surface area contributed by atoms with Gasteiger partial charge in [0.1, 0.15) is 23.1 Å². The Morgan fingerprint density at radius 1 is 0.839 bits per heavy atom. The third-order valence-electron chi connectivity index (χ3n) is 4.78. The largest absolute Gasteiger partial charge is 0.497 e. The molecule has 0 aliphatic carbocycles. The van der Waals surface area contributed by atoms with E-state index in [0.29, 0.717) is 29.8 Å². The number of nitrogens with one attached hydrogen (secondary N) is 2. The molecule has 8 heteroatoms. The van der Waals surface area contributed by atoms with Crippen LogP contribution in [0.5, 0.6) is 17.2 Å². The Morgan fingerprint density at radius 3 is 2.35 bits per heavy atom. The highest BCUT2D eigenvalue weighted by Gasteiger charge is 2.10. The molecule has 0 atom stereocenters. The van der Waals surface area contributed by atoms with Crippen LogP contribution in [0.1, 0.15) is 5.56 Å². The highest BCUT2D eigenvalue weighted by Crippen LogP contribution is 2.32. The van der Waals surface area contributed by atoms with Gasteiger partial charge in [0.2, 0.25) is 5.95 Å². The maximum Gasteiger partial charge on any atom is 0.223 e. The highest BCUT2D eigenvalue weighted by atomic mass is 16.5. The maximum atomic E-state index is 5.46. The summed E-state index contributed by atoms with van der Waals surface area (Å²) in [6.45, 7) is 0.606. The van der Waals surface area contributed by atoms with Gasteiger partial charge in [-0.25, -0.2) is 15.0 Å². The lowest BCUT2D eigenvalue weighted by atomic mass is 10.2. The fraction of sp³-hybridized carbons (Fsp3) is 0.174. The van der Waals surface area contributed by atoms with E-state index in [2.05, 4.69) is 25.6 Å². The van der Waals surface area contributed by atoms with Crippen molar-refractivity contribution in [3.8, 4) is 17.2 Å². The van der Waals surface area contributed by atoms with Crippen LogP contribution in [0.2, 0.25) is 0 Å². The molecule has 0 radical (unpaired) electrons. The molecule has 4 aromatic rings. The number of methoxy groups -OCH3 is 3. The molecule has 0 saturated carbocycles. The first-order chi connectivity index (χ1) is 15.2. The highest BCUT2D eigenvalue weighted by molar-refractivity contribution is 5.91. The van der Waals surface area contributed by atoms with Crippen molar-refractivity contribution in [1.29, 1.82) is 0 Å². The average molecular weight is 417 g/mol. The van der Waals surface area contributed by atoms with Crippen LogP contribution >= 0.6 is 0 Å². The quantitative estimate of drug-likeness (QED) is 0.436. The van der Waals surface area contributed by atoms with Crippen LogP contribution in [0, 0.1) is 0 Å². The molecule has 0 fully saturated rings. The van der Waals surface area contributed by atoms with E-state index in [1.165, 1.54) is 0 Å². The van der Waals surface area contributed by atoms with Gasteiger partial charge in [-0.05, 0) is 35.9 Å². The summed E-state index contributed by atoms with van der Waals surface area (Å²) in [5.41, 5.74) is 2.65. The van der Waals surface area contributed by atoms with Gasteiger partial charge in [-0.2, -0.15) is 0 Å². The molecule has 2 heterocycles. The second-order valence-electron chi connectivity index (χ2n) is 6.68. The first-order valence-electron chi connectivity index (χ1n) is 9.68. The molecular weight excluding hydrogens is 394 g/mol. The zero-order chi connectivity index (χ0) is 21.6. The summed E-state index contributed by atoms with van der Waals surface area (Å²) in [7, 11) is 4.88. The minimum atomic E-state index is 0.544. The van der Waals surface area contributed by atoms with Crippen LogP contribution < -0.4 is 24.8 Å². The lowest BCUT2D eigenvalue weighted by molar-refractivity contribution is 0.395. The van der Waals surface area contributed by atoms with Gasteiger partial charge in [0.15, 0.2) is 0 Å². The number of hydrogen-bond donors (Lipinski definition) is 2. The third-order valence-corrected chi connectivity index (χ3v) is 4.78. The van der Waals surface area contributed by atoms with Crippen molar-refractivity contribution >= 4 is 28.4 Å². The van der Waals surface area contributed by atoms with Gasteiger partial charge in [-0.3, -0.25) is 0 Å². The van der Waals surface area contributed by atoms with E-state index in [4.69, 9.17) is 14.2 Å². The number of benzene rings is 2. The van der Waals surface area contributed by atoms with Gasteiger partial charge in [-0.15, -0.1) is 0 Å². The lowest BCUT2D eigenvalue weighted by Crippen LogP contribution is -2.04. The number of pyridine rings is 1. The van der Waals surface area contributed by atoms with Crippen LogP contribution in [0.15, 0.2) is 60.9 Å². The van der Waals surface area contributed by atoms with Gasteiger partial charge >= 0.3 is 0 Å². The Kier molecular flexibility index (Phi) is 5.98. The predicted octanol–water partition coefficient (Wildman–Crippen LogP) is 4.41. The molecule has 0 aliphatic rings. The fourth-order valence-corrected chi connectivity index (χ4v) is 3.10. The minimum absolute atomic E-state index is 0.544. The molecule has 2 aromatic heterocycles. The number of aromatic nitrogens is 3. The number of fused-ring (bicyclic) bond motifs is 1. The van der Waals surface area contributed by atoms with E-state index in [0.717, 1.165) is 27.9 Å². The molecule has 2 N–H and O–H groups in total. The SMILES string of the molecule is COc1ccc(CNc2ncc3c(Nc4ccc(OC)cc4OC)nccc3n2)cc1. The maximum absolute atomic E-state index is 5.46. The number of nitrogens with zero attached hydrogens (tertiary/aromatic N) is 3. The smallest absolute Gasteiger partial charge is 0.223 e. The van der Waals surface area contributed by atoms with E-state index in [1.54, 1.807) is 33.7 Å². The Balaban J connectivity index is 1.54. The molecule has 31 heavy (non-hydrogen) atoms. The summed E-state index contributed by atoms with van der Waals surface area (Å²) in [6.07, 6.45) is 3.46. The zero-order valence-corrected chi connectivity index (χ0v) is 17.5. The standard InChI is InChI=1S/C23H23N5O3/c1-29-16-6-4-15(5-7-16)13-25-23-26-14-18-19(28-23)10-11-24-22(18)27-20-9-8-17(30-2)12-21(20)31-3/h4-12,14H,13H2,1-3H3,(H,24,27)(H,25,26,28). The summed E-state index contributed by atoms with van der Waals surface area (Å²) >= 11 is 0. The summed E-state index contributed by atoms with van der Waals surface area (Å²) in [5, 5.41) is 7.36. The number of rotatable bonds is 8. The van der Waals surface area contributed by atoms with Crippen molar-refractivity contribution in [3.05, 3.63) is 66.5 Å². The van der Waals surface area contributed by atoms with Gasteiger partial charge in [0.05, 0.1) is 37.9 Å². The summed E-state index contributed by atoms with van der Waals surface area (Å²) < 4.78 is 15.9. The second-order valence-corrected chi connectivity index (χ2v) is 6.68. The molecule has 0 spiro atoms. The molecule has 0 amide bonds. The van der Waals surface area contributed by atoms with Crippen LogP contribution in [0.4, 0.5) is 17.5 Å². The van der Waals surface area contributed by atoms with Gasteiger partial charge in [0, 0.05) is 25.0 Å². The number of ether oxygens (including phenoxy) is 3. The normalized spacial score (nSPS) is 10.5.